The molecule has 0 bridgehead atoms. The molecule has 1 amide bonds. The van der Waals surface area contributed by atoms with Crippen LogP contribution in [0.25, 0.3) is 11.3 Å². The van der Waals surface area contributed by atoms with Gasteiger partial charge in [0.25, 0.3) is 17.3 Å². The highest BCUT2D eigenvalue weighted by atomic mass is 32.1. The zero-order valence-electron chi connectivity index (χ0n) is 15.8. The fourth-order valence-corrected chi connectivity index (χ4v) is 3.54. The van der Waals surface area contributed by atoms with Crippen molar-refractivity contribution in [3.63, 3.8) is 0 Å². The van der Waals surface area contributed by atoms with E-state index in [9.17, 15) is 25.0 Å². The molecule has 0 aliphatic carbocycles. The molecule has 0 saturated carbocycles. The highest BCUT2D eigenvalue weighted by Gasteiger charge is 2.25. The summed E-state index contributed by atoms with van der Waals surface area (Å²) in [6.07, 6.45) is 0. The van der Waals surface area contributed by atoms with Gasteiger partial charge in [-0.05, 0) is 32.4 Å². The third-order valence-corrected chi connectivity index (χ3v) is 5.16. The van der Waals surface area contributed by atoms with Crippen LogP contribution in [-0.2, 0) is 0 Å². The lowest BCUT2D eigenvalue weighted by Gasteiger charge is -2.05. The third kappa shape index (κ3) is 4.11. The monoisotopic (exact) mass is 412 g/mol. The van der Waals surface area contributed by atoms with Crippen molar-refractivity contribution >= 4 is 33.8 Å². The van der Waals surface area contributed by atoms with Gasteiger partial charge in [0, 0.05) is 23.1 Å². The maximum absolute atomic E-state index is 12.6. The SMILES string of the molecule is Cc1ccc(C)c(-c2csc(NC(=O)c3cc([N+](=O)[O-])c(C)c([N+](=O)[O-])c3)n2)c1. The number of benzene rings is 2. The maximum atomic E-state index is 12.6. The maximum Gasteiger partial charge on any atom is 0.279 e. The van der Waals surface area contributed by atoms with Gasteiger partial charge in [-0.15, -0.1) is 11.3 Å². The fraction of sp³-hybridized carbons (Fsp3) is 0.158. The van der Waals surface area contributed by atoms with E-state index >= 15 is 0 Å². The van der Waals surface area contributed by atoms with Crippen LogP contribution in [0.2, 0.25) is 0 Å². The Hall–Kier alpha value is -3.66. The standard InChI is InChI=1S/C19H16N4O5S/c1-10-4-5-11(2)14(6-10)15-9-29-19(20-15)21-18(24)13-7-16(22(25)26)12(3)17(8-13)23(27)28/h4-9H,1-3H3,(H,20,21,24). The van der Waals surface area contributed by atoms with Gasteiger partial charge in [-0.3, -0.25) is 30.3 Å². The number of nitro groups is 2. The van der Waals surface area contributed by atoms with E-state index in [1.54, 1.807) is 5.38 Å². The van der Waals surface area contributed by atoms with E-state index in [1.165, 1.54) is 18.3 Å². The van der Waals surface area contributed by atoms with E-state index < -0.39 is 27.1 Å². The van der Waals surface area contributed by atoms with Crippen molar-refractivity contribution < 1.29 is 14.6 Å². The molecule has 0 radical (unpaired) electrons. The van der Waals surface area contributed by atoms with E-state index in [2.05, 4.69) is 10.3 Å². The molecule has 1 N–H and O–H groups in total. The molecule has 0 spiro atoms. The van der Waals surface area contributed by atoms with Gasteiger partial charge in [-0.25, -0.2) is 4.98 Å². The number of hydrogen-bond donors (Lipinski definition) is 1. The first-order chi connectivity index (χ1) is 13.7. The van der Waals surface area contributed by atoms with Gasteiger partial charge in [0.15, 0.2) is 5.13 Å². The van der Waals surface area contributed by atoms with E-state index in [1.807, 2.05) is 32.0 Å². The van der Waals surface area contributed by atoms with Gasteiger partial charge in [0.2, 0.25) is 0 Å². The van der Waals surface area contributed by atoms with E-state index in [4.69, 9.17) is 0 Å². The Morgan fingerprint density at radius 1 is 1.03 bits per heavy atom. The van der Waals surface area contributed by atoms with Crippen LogP contribution in [-0.4, -0.2) is 20.7 Å². The molecule has 1 aromatic heterocycles. The number of thiazole rings is 1. The Balaban J connectivity index is 1.92. The molecule has 3 aromatic rings. The summed E-state index contributed by atoms with van der Waals surface area (Å²) in [4.78, 5) is 37.8. The van der Waals surface area contributed by atoms with Crippen LogP contribution in [0.4, 0.5) is 16.5 Å². The Morgan fingerprint density at radius 2 is 1.66 bits per heavy atom. The van der Waals surface area contributed by atoms with Crippen molar-refractivity contribution in [2.75, 3.05) is 5.32 Å². The summed E-state index contributed by atoms with van der Waals surface area (Å²) in [6, 6.07) is 8.01. The smallest absolute Gasteiger partial charge is 0.279 e. The minimum Gasteiger partial charge on any atom is -0.298 e. The Morgan fingerprint density at radius 3 is 2.24 bits per heavy atom. The molecule has 2 aromatic carbocycles. The van der Waals surface area contributed by atoms with Crippen LogP contribution in [0.15, 0.2) is 35.7 Å². The Kier molecular flexibility index (Phi) is 5.37. The average Bonchev–Trinajstić information content (AvgIpc) is 3.11. The van der Waals surface area contributed by atoms with Crippen molar-refractivity contribution in [2.45, 2.75) is 20.8 Å². The number of hydrogen-bond acceptors (Lipinski definition) is 7. The summed E-state index contributed by atoms with van der Waals surface area (Å²) in [6.45, 7) is 5.20. The van der Waals surface area contributed by atoms with Crippen LogP contribution < -0.4 is 5.32 Å². The molecule has 0 saturated heterocycles. The molecule has 29 heavy (non-hydrogen) atoms. The number of nitrogens with one attached hydrogen (secondary N) is 1. The highest BCUT2D eigenvalue weighted by molar-refractivity contribution is 7.14. The topological polar surface area (TPSA) is 128 Å². The molecule has 0 fully saturated rings. The molecule has 0 unspecified atom stereocenters. The minimum atomic E-state index is -0.749. The molecule has 0 aliphatic heterocycles. The predicted octanol–water partition coefficient (Wildman–Crippen LogP) is 4.80. The number of rotatable bonds is 5. The van der Waals surface area contributed by atoms with Gasteiger partial charge in [-0.2, -0.15) is 0 Å². The summed E-state index contributed by atoms with van der Waals surface area (Å²) in [5.41, 5.74) is 2.46. The van der Waals surface area contributed by atoms with Gasteiger partial charge in [0.1, 0.15) is 5.56 Å². The predicted molar refractivity (Wildman–Crippen MR) is 109 cm³/mol. The van der Waals surface area contributed by atoms with E-state index in [-0.39, 0.29) is 16.3 Å². The summed E-state index contributed by atoms with van der Waals surface area (Å²) >= 11 is 1.20. The Bertz CT molecular complexity index is 1120. The molecule has 148 valence electrons. The van der Waals surface area contributed by atoms with Crippen LogP contribution >= 0.6 is 11.3 Å². The van der Waals surface area contributed by atoms with Gasteiger partial charge < -0.3 is 0 Å². The molecule has 1 heterocycles. The molecule has 0 aliphatic rings. The first kappa shape index (κ1) is 20.1. The zero-order valence-corrected chi connectivity index (χ0v) is 16.6. The number of carbonyl (C=O) groups excluding carboxylic acids is 1. The second-order valence-corrected chi connectivity index (χ2v) is 7.32. The van der Waals surface area contributed by atoms with Gasteiger partial charge in [-0.1, -0.05) is 17.7 Å². The number of aryl methyl sites for hydroxylation is 2. The summed E-state index contributed by atoms with van der Waals surface area (Å²) in [5.74, 6) is -0.710. The molecular weight excluding hydrogens is 396 g/mol. The number of nitrogens with zero attached hydrogens (tertiary/aromatic N) is 3. The molecule has 9 nitrogen and oxygen atoms in total. The number of aromatic nitrogens is 1. The number of amides is 1. The Labute approximate surface area is 169 Å². The van der Waals surface area contributed by atoms with Crippen molar-refractivity contribution in [3.05, 3.63) is 78.2 Å². The largest absolute Gasteiger partial charge is 0.298 e. The zero-order chi connectivity index (χ0) is 21.3. The molecule has 0 atom stereocenters. The minimum absolute atomic E-state index is 0.108. The third-order valence-electron chi connectivity index (χ3n) is 4.40. The van der Waals surface area contributed by atoms with Gasteiger partial charge >= 0.3 is 0 Å². The first-order valence-corrected chi connectivity index (χ1v) is 9.33. The van der Waals surface area contributed by atoms with Gasteiger partial charge in [0.05, 0.1) is 21.1 Å². The van der Waals surface area contributed by atoms with Crippen LogP contribution in [0, 0.1) is 41.0 Å². The van der Waals surface area contributed by atoms with Crippen molar-refractivity contribution in [1.29, 1.82) is 0 Å². The van der Waals surface area contributed by atoms with E-state index in [0.29, 0.717) is 5.69 Å². The summed E-state index contributed by atoms with van der Waals surface area (Å²) in [5, 5.41) is 27.0. The lowest BCUT2D eigenvalue weighted by Crippen LogP contribution is -2.13. The highest BCUT2D eigenvalue weighted by Crippen LogP contribution is 2.31. The van der Waals surface area contributed by atoms with Crippen LogP contribution in [0.3, 0.4) is 0 Å². The summed E-state index contributed by atoms with van der Waals surface area (Å²) < 4.78 is 0. The average molecular weight is 412 g/mol. The lowest BCUT2D eigenvalue weighted by molar-refractivity contribution is -0.395. The molecule has 10 heteroatoms. The fourth-order valence-electron chi connectivity index (χ4n) is 2.83. The molecule has 3 rings (SSSR count). The first-order valence-electron chi connectivity index (χ1n) is 8.45. The van der Waals surface area contributed by atoms with E-state index in [0.717, 1.165) is 28.8 Å². The summed E-state index contributed by atoms with van der Waals surface area (Å²) in [7, 11) is 0. The number of carbonyl (C=O) groups is 1. The normalized spacial score (nSPS) is 10.6. The quantitative estimate of drug-likeness (QED) is 0.473. The lowest BCUT2D eigenvalue weighted by atomic mass is 10.0. The van der Waals surface area contributed by atoms with Crippen molar-refractivity contribution in [1.82, 2.24) is 4.98 Å². The second-order valence-electron chi connectivity index (χ2n) is 6.46. The van der Waals surface area contributed by atoms with Crippen molar-refractivity contribution in [2.24, 2.45) is 0 Å². The number of nitro benzene ring substituents is 2. The van der Waals surface area contributed by atoms with Crippen molar-refractivity contribution in [3.8, 4) is 11.3 Å². The second kappa shape index (κ2) is 7.76. The number of anilines is 1. The van der Waals surface area contributed by atoms with Crippen LogP contribution in [0.1, 0.15) is 27.0 Å². The van der Waals surface area contributed by atoms with Crippen LogP contribution in [0.5, 0.6) is 0 Å². The molecular formula is C19H16N4O5S.